The lowest BCUT2D eigenvalue weighted by Crippen LogP contribution is -2.29. The van der Waals surface area contributed by atoms with Crippen LogP contribution < -0.4 is 10.1 Å². The van der Waals surface area contributed by atoms with Gasteiger partial charge in [-0.25, -0.2) is 0 Å². The molecule has 0 amide bonds. The van der Waals surface area contributed by atoms with Crippen molar-refractivity contribution < 1.29 is 4.74 Å². The Hall–Kier alpha value is -1.80. The summed E-state index contributed by atoms with van der Waals surface area (Å²) in [5.41, 5.74) is 5.12. The van der Waals surface area contributed by atoms with E-state index in [1.54, 1.807) is 0 Å². The first-order valence-corrected chi connectivity index (χ1v) is 7.74. The van der Waals surface area contributed by atoms with E-state index < -0.39 is 0 Å². The van der Waals surface area contributed by atoms with Crippen LogP contribution in [0.3, 0.4) is 0 Å². The van der Waals surface area contributed by atoms with Gasteiger partial charge in [0.2, 0.25) is 0 Å². The molecule has 2 aromatic carbocycles. The zero-order valence-corrected chi connectivity index (χ0v) is 13.0. The molecule has 2 unspecified atom stereocenters. The van der Waals surface area contributed by atoms with Gasteiger partial charge >= 0.3 is 0 Å². The summed E-state index contributed by atoms with van der Waals surface area (Å²) in [5.74, 6) is 1.02. The fraction of sp³-hybridized carbons (Fsp3) is 0.368. The van der Waals surface area contributed by atoms with Crippen LogP contribution >= 0.6 is 0 Å². The maximum atomic E-state index is 6.25. The van der Waals surface area contributed by atoms with Gasteiger partial charge in [-0.1, -0.05) is 54.4 Å². The first-order valence-electron chi connectivity index (χ1n) is 7.74. The van der Waals surface area contributed by atoms with Crippen molar-refractivity contribution in [2.45, 2.75) is 39.3 Å². The van der Waals surface area contributed by atoms with Gasteiger partial charge in [0.15, 0.2) is 0 Å². The molecule has 1 aliphatic heterocycles. The minimum Gasteiger partial charge on any atom is -0.485 e. The molecule has 0 saturated heterocycles. The quantitative estimate of drug-likeness (QED) is 0.895. The van der Waals surface area contributed by atoms with Crippen LogP contribution in [0.5, 0.6) is 5.75 Å². The average molecular weight is 281 g/mol. The van der Waals surface area contributed by atoms with Crippen LogP contribution in [0.2, 0.25) is 0 Å². The number of hydrogen-bond donors (Lipinski definition) is 1. The molecular formula is C19H23NO. The molecule has 1 aliphatic rings. The molecule has 1 heterocycles. The summed E-state index contributed by atoms with van der Waals surface area (Å²) >= 11 is 0. The third kappa shape index (κ3) is 2.96. The maximum absolute atomic E-state index is 6.25. The fourth-order valence-corrected chi connectivity index (χ4v) is 3.01. The summed E-state index contributed by atoms with van der Waals surface area (Å²) in [6.45, 7) is 7.38. The van der Waals surface area contributed by atoms with Gasteiger partial charge in [0.1, 0.15) is 11.9 Å². The van der Waals surface area contributed by atoms with Gasteiger partial charge in [0.05, 0.1) is 0 Å². The number of ether oxygens (including phenoxy) is 1. The number of benzene rings is 2. The van der Waals surface area contributed by atoms with Crippen LogP contribution in [-0.2, 0) is 0 Å². The van der Waals surface area contributed by atoms with E-state index >= 15 is 0 Å². The van der Waals surface area contributed by atoms with Gasteiger partial charge in [-0.05, 0) is 32.0 Å². The Balaban J connectivity index is 1.93. The highest BCUT2D eigenvalue weighted by Gasteiger charge is 2.28. The molecule has 2 atom stereocenters. The summed E-state index contributed by atoms with van der Waals surface area (Å²) in [6, 6.07) is 15.5. The standard InChI is InChI=1S/C19H23NO/c1-4-20-17-12-19(15-8-5-13(2)6-9-15)21-18-10-7-14(3)11-16(17)18/h5-11,17,19-20H,4,12H2,1-3H3. The third-order valence-corrected chi connectivity index (χ3v) is 4.16. The van der Waals surface area contributed by atoms with Gasteiger partial charge in [0, 0.05) is 18.0 Å². The summed E-state index contributed by atoms with van der Waals surface area (Å²) in [4.78, 5) is 0. The molecule has 0 bridgehead atoms. The minimum atomic E-state index is 0.129. The molecular weight excluding hydrogens is 258 g/mol. The van der Waals surface area contributed by atoms with Gasteiger partial charge in [-0.15, -0.1) is 0 Å². The zero-order chi connectivity index (χ0) is 14.8. The second kappa shape index (κ2) is 5.90. The van der Waals surface area contributed by atoms with E-state index in [9.17, 15) is 0 Å². The molecule has 2 heteroatoms. The molecule has 2 nitrogen and oxygen atoms in total. The van der Waals surface area contributed by atoms with E-state index in [0.29, 0.717) is 6.04 Å². The highest BCUT2D eigenvalue weighted by molar-refractivity contribution is 5.42. The number of nitrogens with one attached hydrogen (secondary N) is 1. The Labute approximate surface area is 127 Å². The molecule has 1 N–H and O–H groups in total. The Morgan fingerprint density at radius 2 is 1.76 bits per heavy atom. The van der Waals surface area contributed by atoms with Crippen molar-refractivity contribution in [2.24, 2.45) is 0 Å². The number of aryl methyl sites for hydroxylation is 2. The monoisotopic (exact) mass is 281 g/mol. The Morgan fingerprint density at radius 1 is 1.05 bits per heavy atom. The number of fused-ring (bicyclic) bond motifs is 1. The molecule has 21 heavy (non-hydrogen) atoms. The molecule has 0 radical (unpaired) electrons. The number of hydrogen-bond acceptors (Lipinski definition) is 2. The molecule has 3 rings (SSSR count). The van der Waals surface area contributed by atoms with E-state index in [1.165, 1.54) is 22.3 Å². The molecule has 110 valence electrons. The molecule has 0 fully saturated rings. The Morgan fingerprint density at radius 3 is 2.48 bits per heavy atom. The summed E-state index contributed by atoms with van der Waals surface area (Å²) in [7, 11) is 0. The van der Waals surface area contributed by atoms with Crippen LogP contribution in [-0.4, -0.2) is 6.54 Å². The van der Waals surface area contributed by atoms with Gasteiger partial charge < -0.3 is 10.1 Å². The zero-order valence-electron chi connectivity index (χ0n) is 13.0. The van der Waals surface area contributed by atoms with Crippen molar-refractivity contribution in [1.82, 2.24) is 5.32 Å². The predicted octanol–water partition coefficient (Wildman–Crippen LogP) is 4.48. The van der Waals surface area contributed by atoms with Crippen molar-refractivity contribution in [3.05, 3.63) is 64.7 Å². The lowest BCUT2D eigenvalue weighted by Gasteiger charge is -2.33. The van der Waals surface area contributed by atoms with E-state index in [1.807, 2.05) is 0 Å². The van der Waals surface area contributed by atoms with E-state index in [4.69, 9.17) is 4.74 Å². The van der Waals surface area contributed by atoms with Crippen LogP contribution in [0, 0.1) is 13.8 Å². The van der Waals surface area contributed by atoms with Crippen LogP contribution in [0.4, 0.5) is 0 Å². The summed E-state index contributed by atoms with van der Waals surface area (Å²) in [5, 5.41) is 3.60. The largest absolute Gasteiger partial charge is 0.485 e. The van der Waals surface area contributed by atoms with Gasteiger partial charge in [0.25, 0.3) is 0 Å². The highest BCUT2D eigenvalue weighted by Crippen LogP contribution is 2.41. The van der Waals surface area contributed by atoms with Crippen LogP contribution in [0.15, 0.2) is 42.5 Å². The maximum Gasteiger partial charge on any atom is 0.126 e. The normalized spacial score (nSPS) is 20.7. The lowest BCUT2D eigenvalue weighted by molar-refractivity contribution is 0.152. The molecule has 0 aliphatic carbocycles. The molecule has 0 saturated carbocycles. The van der Waals surface area contributed by atoms with Gasteiger partial charge in [-0.3, -0.25) is 0 Å². The van der Waals surface area contributed by atoms with Gasteiger partial charge in [-0.2, -0.15) is 0 Å². The lowest BCUT2D eigenvalue weighted by atomic mass is 9.91. The molecule has 0 aromatic heterocycles. The molecule has 2 aromatic rings. The summed E-state index contributed by atoms with van der Waals surface area (Å²) < 4.78 is 6.25. The highest BCUT2D eigenvalue weighted by atomic mass is 16.5. The van der Waals surface area contributed by atoms with E-state index in [2.05, 4.69) is 68.6 Å². The fourth-order valence-electron chi connectivity index (χ4n) is 3.01. The van der Waals surface area contributed by atoms with E-state index in [0.717, 1.165) is 18.7 Å². The first-order chi connectivity index (χ1) is 10.2. The minimum absolute atomic E-state index is 0.129. The second-order valence-electron chi connectivity index (χ2n) is 5.90. The SMILES string of the molecule is CCNC1CC(c2ccc(C)cc2)Oc2ccc(C)cc21. The Kier molecular flexibility index (Phi) is 3.98. The topological polar surface area (TPSA) is 21.3 Å². The van der Waals surface area contributed by atoms with Crippen LogP contribution in [0.1, 0.15) is 47.7 Å². The smallest absolute Gasteiger partial charge is 0.126 e. The predicted molar refractivity (Wildman–Crippen MR) is 86.8 cm³/mol. The number of rotatable bonds is 3. The van der Waals surface area contributed by atoms with Crippen LogP contribution in [0.25, 0.3) is 0 Å². The first kappa shape index (κ1) is 14.2. The second-order valence-corrected chi connectivity index (χ2v) is 5.90. The molecule has 0 spiro atoms. The van der Waals surface area contributed by atoms with Crippen molar-refractivity contribution in [2.75, 3.05) is 6.54 Å². The average Bonchev–Trinajstić information content (AvgIpc) is 2.48. The third-order valence-electron chi connectivity index (χ3n) is 4.16. The Bertz CT molecular complexity index is 618. The van der Waals surface area contributed by atoms with Crippen molar-refractivity contribution >= 4 is 0 Å². The van der Waals surface area contributed by atoms with E-state index in [-0.39, 0.29) is 6.10 Å². The summed E-state index contributed by atoms with van der Waals surface area (Å²) in [6.07, 6.45) is 1.11. The van der Waals surface area contributed by atoms with Crippen molar-refractivity contribution in [3.63, 3.8) is 0 Å². The van der Waals surface area contributed by atoms with Crippen molar-refractivity contribution in [3.8, 4) is 5.75 Å². The van der Waals surface area contributed by atoms with Crippen molar-refractivity contribution in [1.29, 1.82) is 0 Å².